The first kappa shape index (κ1) is 13.9. The van der Waals surface area contributed by atoms with Gasteiger partial charge in [-0.25, -0.2) is 4.39 Å². The first-order chi connectivity index (χ1) is 8.10. The van der Waals surface area contributed by atoms with Gasteiger partial charge in [0, 0.05) is 18.1 Å². The van der Waals surface area contributed by atoms with Crippen molar-refractivity contribution in [3.05, 3.63) is 34.6 Å². The van der Waals surface area contributed by atoms with Crippen LogP contribution in [0, 0.1) is 5.82 Å². The molecule has 0 radical (unpaired) electrons. The minimum atomic E-state index is -0.719. The van der Waals surface area contributed by atoms with E-state index in [0.717, 1.165) is 6.07 Å². The third kappa shape index (κ3) is 3.66. The monoisotopic (exact) mass is 261 g/mol. The molecule has 0 saturated carbocycles. The summed E-state index contributed by atoms with van der Waals surface area (Å²) in [5.41, 5.74) is -0.128. The predicted octanol–water partition coefficient (Wildman–Crippen LogP) is 0.906. The Labute approximate surface area is 103 Å². The minimum Gasteiger partial charge on any atom is -0.395 e. The summed E-state index contributed by atoms with van der Waals surface area (Å²) in [4.78, 5) is 13.1. The van der Waals surface area contributed by atoms with E-state index in [1.165, 1.54) is 17.0 Å². The second kappa shape index (κ2) is 6.54. The SMILES string of the molecule is O=C(c1ccc(Cl)cc1F)N(CCO)CCO. The van der Waals surface area contributed by atoms with Crippen LogP contribution in [-0.2, 0) is 0 Å². The van der Waals surface area contributed by atoms with Crippen molar-refractivity contribution in [1.29, 1.82) is 0 Å². The van der Waals surface area contributed by atoms with Crippen molar-refractivity contribution < 1.29 is 19.4 Å². The zero-order valence-corrected chi connectivity index (χ0v) is 9.82. The van der Waals surface area contributed by atoms with E-state index < -0.39 is 11.7 Å². The highest BCUT2D eigenvalue weighted by molar-refractivity contribution is 6.30. The number of halogens is 2. The molecule has 0 aliphatic rings. The fraction of sp³-hybridized carbons (Fsp3) is 0.364. The Kier molecular flexibility index (Phi) is 5.34. The molecule has 0 fully saturated rings. The van der Waals surface area contributed by atoms with E-state index in [4.69, 9.17) is 21.8 Å². The van der Waals surface area contributed by atoms with Gasteiger partial charge in [-0.1, -0.05) is 11.6 Å². The molecule has 0 spiro atoms. The quantitative estimate of drug-likeness (QED) is 0.828. The van der Waals surface area contributed by atoms with Crippen molar-refractivity contribution in [1.82, 2.24) is 4.90 Å². The Balaban J connectivity index is 2.92. The molecule has 94 valence electrons. The standard InChI is InChI=1S/C11H13ClFNO3/c12-8-1-2-9(10(13)7-8)11(17)14(3-5-15)4-6-16/h1-2,7,15-16H,3-6H2. The van der Waals surface area contributed by atoms with E-state index in [-0.39, 0.29) is 36.9 Å². The van der Waals surface area contributed by atoms with Gasteiger partial charge < -0.3 is 15.1 Å². The van der Waals surface area contributed by atoms with Crippen LogP contribution in [0.1, 0.15) is 10.4 Å². The first-order valence-electron chi connectivity index (χ1n) is 5.06. The molecule has 6 heteroatoms. The maximum atomic E-state index is 13.5. The molecular weight excluding hydrogens is 249 g/mol. The molecule has 0 aromatic heterocycles. The van der Waals surface area contributed by atoms with Gasteiger partial charge >= 0.3 is 0 Å². The maximum absolute atomic E-state index is 13.5. The lowest BCUT2D eigenvalue weighted by molar-refractivity contribution is 0.0680. The molecule has 0 saturated heterocycles. The molecule has 1 aromatic carbocycles. The van der Waals surface area contributed by atoms with E-state index in [9.17, 15) is 9.18 Å². The molecule has 4 nitrogen and oxygen atoms in total. The van der Waals surface area contributed by atoms with Crippen molar-refractivity contribution in [2.75, 3.05) is 26.3 Å². The number of rotatable bonds is 5. The van der Waals surface area contributed by atoms with Crippen molar-refractivity contribution in [2.24, 2.45) is 0 Å². The normalized spacial score (nSPS) is 10.4. The van der Waals surface area contributed by atoms with E-state index in [0.29, 0.717) is 0 Å². The smallest absolute Gasteiger partial charge is 0.256 e. The summed E-state index contributed by atoms with van der Waals surface area (Å²) in [6.07, 6.45) is 0. The van der Waals surface area contributed by atoms with Crippen LogP contribution < -0.4 is 0 Å². The van der Waals surface area contributed by atoms with E-state index in [1.54, 1.807) is 0 Å². The highest BCUT2D eigenvalue weighted by Gasteiger charge is 2.18. The van der Waals surface area contributed by atoms with E-state index in [2.05, 4.69) is 0 Å². The Morgan fingerprint density at radius 3 is 2.35 bits per heavy atom. The van der Waals surface area contributed by atoms with Crippen LogP contribution in [0.2, 0.25) is 5.02 Å². The summed E-state index contributed by atoms with van der Waals surface area (Å²) in [5.74, 6) is -1.30. The molecule has 0 bridgehead atoms. The van der Waals surface area contributed by atoms with Gasteiger partial charge in [-0.2, -0.15) is 0 Å². The largest absolute Gasteiger partial charge is 0.395 e. The maximum Gasteiger partial charge on any atom is 0.256 e. The lowest BCUT2D eigenvalue weighted by Crippen LogP contribution is -2.36. The number of carbonyl (C=O) groups is 1. The van der Waals surface area contributed by atoms with Gasteiger partial charge in [0.15, 0.2) is 0 Å². The molecule has 0 aliphatic carbocycles. The Morgan fingerprint density at radius 1 is 1.29 bits per heavy atom. The van der Waals surface area contributed by atoms with Gasteiger partial charge in [0.2, 0.25) is 0 Å². The molecule has 0 heterocycles. The summed E-state index contributed by atoms with van der Waals surface area (Å²) in [6.45, 7) is -0.412. The number of nitrogens with zero attached hydrogens (tertiary/aromatic N) is 1. The van der Waals surface area contributed by atoms with E-state index in [1.807, 2.05) is 0 Å². The van der Waals surface area contributed by atoms with Crippen molar-refractivity contribution in [2.45, 2.75) is 0 Å². The topological polar surface area (TPSA) is 60.8 Å². The highest BCUT2D eigenvalue weighted by atomic mass is 35.5. The molecule has 0 aliphatic heterocycles. The van der Waals surface area contributed by atoms with Crippen molar-refractivity contribution in [3.8, 4) is 0 Å². The van der Waals surface area contributed by atoms with Crippen LogP contribution in [0.5, 0.6) is 0 Å². The Bertz CT molecular complexity index is 394. The molecular formula is C11H13ClFNO3. The van der Waals surface area contributed by atoms with Gasteiger partial charge in [0.25, 0.3) is 5.91 Å². The molecule has 0 unspecified atom stereocenters. The van der Waals surface area contributed by atoms with Crippen LogP contribution in [0.3, 0.4) is 0 Å². The minimum absolute atomic E-state index is 0.0431. The van der Waals surface area contributed by atoms with Gasteiger partial charge in [-0.3, -0.25) is 4.79 Å². The zero-order chi connectivity index (χ0) is 12.8. The number of carbonyl (C=O) groups excluding carboxylic acids is 1. The number of hydrogen-bond acceptors (Lipinski definition) is 3. The lowest BCUT2D eigenvalue weighted by Gasteiger charge is -2.20. The van der Waals surface area contributed by atoms with Gasteiger partial charge in [-0.15, -0.1) is 0 Å². The fourth-order valence-corrected chi connectivity index (χ4v) is 1.55. The van der Waals surface area contributed by atoms with Gasteiger partial charge in [-0.05, 0) is 18.2 Å². The Morgan fingerprint density at radius 2 is 1.88 bits per heavy atom. The van der Waals surface area contributed by atoms with Crippen molar-refractivity contribution in [3.63, 3.8) is 0 Å². The molecule has 2 N–H and O–H groups in total. The number of hydrogen-bond donors (Lipinski definition) is 2. The molecule has 1 aromatic rings. The summed E-state index contributed by atoms with van der Waals surface area (Å²) >= 11 is 5.58. The molecule has 0 atom stereocenters. The molecule has 1 rings (SSSR count). The number of aliphatic hydroxyl groups excluding tert-OH is 2. The average molecular weight is 262 g/mol. The van der Waals surface area contributed by atoms with Gasteiger partial charge in [0.05, 0.1) is 18.8 Å². The highest BCUT2D eigenvalue weighted by Crippen LogP contribution is 2.16. The third-order valence-corrected chi connectivity index (χ3v) is 2.42. The average Bonchev–Trinajstić information content (AvgIpc) is 2.28. The van der Waals surface area contributed by atoms with Gasteiger partial charge in [0.1, 0.15) is 5.82 Å². The lowest BCUT2D eigenvalue weighted by atomic mass is 10.2. The second-order valence-corrected chi connectivity index (χ2v) is 3.80. The summed E-state index contributed by atoms with van der Waals surface area (Å²) < 4.78 is 13.5. The summed E-state index contributed by atoms with van der Waals surface area (Å²) in [5, 5.41) is 17.8. The second-order valence-electron chi connectivity index (χ2n) is 3.36. The molecule has 17 heavy (non-hydrogen) atoms. The number of aliphatic hydroxyl groups is 2. The molecule has 1 amide bonds. The van der Waals surface area contributed by atoms with Crippen LogP contribution >= 0.6 is 11.6 Å². The van der Waals surface area contributed by atoms with Crippen LogP contribution in [-0.4, -0.2) is 47.3 Å². The van der Waals surface area contributed by atoms with E-state index >= 15 is 0 Å². The third-order valence-electron chi connectivity index (χ3n) is 2.19. The summed E-state index contributed by atoms with van der Waals surface area (Å²) in [7, 11) is 0. The predicted molar refractivity (Wildman–Crippen MR) is 61.5 cm³/mol. The summed E-state index contributed by atoms with van der Waals surface area (Å²) in [6, 6.07) is 3.74. The fourth-order valence-electron chi connectivity index (χ4n) is 1.39. The van der Waals surface area contributed by atoms with Crippen LogP contribution in [0.4, 0.5) is 4.39 Å². The number of benzene rings is 1. The van der Waals surface area contributed by atoms with Crippen LogP contribution in [0.15, 0.2) is 18.2 Å². The first-order valence-corrected chi connectivity index (χ1v) is 5.44. The van der Waals surface area contributed by atoms with Crippen LogP contribution in [0.25, 0.3) is 0 Å². The Hall–Kier alpha value is -1.17. The zero-order valence-electron chi connectivity index (χ0n) is 9.07. The van der Waals surface area contributed by atoms with Crippen molar-refractivity contribution >= 4 is 17.5 Å². The number of amides is 1.